The second-order valence-electron chi connectivity index (χ2n) is 3.96. The van der Waals surface area contributed by atoms with Gasteiger partial charge >= 0.3 is 5.97 Å². The first kappa shape index (κ1) is 9.09. The monoisotopic (exact) mass is 212 g/mol. The molecule has 0 amide bonds. The van der Waals surface area contributed by atoms with Crippen molar-refractivity contribution in [3.05, 3.63) is 47.5 Å². The SMILES string of the molecule is C=C1CC(=O)c2cc3c(cc21)C(=C)OC3=O. The van der Waals surface area contributed by atoms with Gasteiger partial charge in [0.05, 0.1) is 5.56 Å². The van der Waals surface area contributed by atoms with Gasteiger partial charge in [-0.1, -0.05) is 13.2 Å². The van der Waals surface area contributed by atoms with Crippen LogP contribution in [0.5, 0.6) is 0 Å². The maximum Gasteiger partial charge on any atom is 0.344 e. The number of hydrogen-bond donors (Lipinski definition) is 0. The number of benzene rings is 1. The fourth-order valence-electron chi connectivity index (χ4n) is 2.13. The quantitative estimate of drug-likeness (QED) is 0.620. The molecule has 0 radical (unpaired) electrons. The van der Waals surface area contributed by atoms with Crippen LogP contribution in [0.4, 0.5) is 0 Å². The van der Waals surface area contributed by atoms with Gasteiger partial charge in [-0.15, -0.1) is 0 Å². The van der Waals surface area contributed by atoms with Gasteiger partial charge in [0, 0.05) is 17.5 Å². The second-order valence-corrected chi connectivity index (χ2v) is 3.96. The molecule has 3 nitrogen and oxygen atoms in total. The van der Waals surface area contributed by atoms with Gasteiger partial charge < -0.3 is 4.74 Å². The summed E-state index contributed by atoms with van der Waals surface area (Å²) in [6, 6.07) is 3.36. The highest BCUT2D eigenvalue weighted by atomic mass is 16.5. The molecule has 0 unspecified atom stereocenters. The van der Waals surface area contributed by atoms with Crippen LogP contribution in [0, 0.1) is 0 Å². The third-order valence-electron chi connectivity index (χ3n) is 2.95. The fourth-order valence-corrected chi connectivity index (χ4v) is 2.13. The molecular formula is C13H8O3. The van der Waals surface area contributed by atoms with E-state index in [-0.39, 0.29) is 5.78 Å². The zero-order valence-corrected chi connectivity index (χ0v) is 8.50. The van der Waals surface area contributed by atoms with Crippen molar-refractivity contribution >= 4 is 23.1 Å². The average Bonchev–Trinajstić information content (AvgIpc) is 2.67. The van der Waals surface area contributed by atoms with Crippen LogP contribution in [0.3, 0.4) is 0 Å². The minimum absolute atomic E-state index is 0.00751. The highest BCUT2D eigenvalue weighted by molar-refractivity contribution is 6.14. The van der Waals surface area contributed by atoms with Crippen molar-refractivity contribution in [3.63, 3.8) is 0 Å². The summed E-state index contributed by atoms with van der Waals surface area (Å²) in [5.41, 5.74) is 3.25. The third kappa shape index (κ3) is 0.972. The summed E-state index contributed by atoms with van der Waals surface area (Å²) in [7, 11) is 0. The lowest BCUT2D eigenvalue weighted by atomic mass is 9.99. The molecule has 3 rings (SSSR count). The number of hydrogen-bond acceptors (Lipinski definition) is 3. The van der Waals surface area contributed by atoms with Crippen molar-refractivity contribution < 1.29 is 14.3 Å². The van der Waals surface area contributed by atoms with Crippen LogP contribution in [-0.2, 0) is 4.74 Å². The molecule has 2 aliphatic rings. The predicted octanol–water partition coefficient (Wildman–Crippen LogP) is 2.43. The molecule has 1 heterocycles. The highest BCUT2D eigenvalue weighted by Gasteiger charge is 2.31. The molecule has 0 atom stereocenters. The molecule has 78 valence electrons. The maximum absolute atomic E-state index is 11.6. The van der Waals surface area contributed by atoms with Gasteiger partial charge in [0.1, 0.15) is 5.76 Å². The van der Waals surface area contributed by atoms with Gasteiger partial charge in [0.2, 0.25) is 0 Å². The molecule has 1 aromatic carbocycles. The normalized spacial score (nSPS) is 17.5. The summed E-state index contributed by atoms with van der Waals surface area (Å²) >= 11 is 0. The van der Waals surface area contributed by atoms with Gasteiger partial charge in [0.25, 0.3) is 0 Å². The molecule has 0 saturated heterocycles. The van der Waals surface area contributed by atoms with E-state index in [9.17, 15) is 9.59 Å². The van der Waals surface area contributed by atoms with Crippen LogP contribution in [0.25, 0.3) is 11.3 Å². The summed E-state index contributed by atoms with van der Waals surface area (Å²) in [5.74, 6) is -0.0869. The molecule has 16 heavy (non-hydrogen) atoms. The molecule has 0 saturated carbocycles. The number of esters is 1. The van der Waals surface area contributed by atoms with Crippen molar-refractivity contribution in [2.75, 3.05) is 0 Å². The molecule has 0 spiro atoms. The summed E-state index contributed by atoms with van der Waals surface area (Å²) in [4.78, 5) is 23.1. The summed E-state index contributed by atoms with van der Waals surface area (Å²) in [6.07, 6.45) is 0.333. The van der Waals surface area contributed by atoms with Gasteiger partial charge in [-0.25, -0.2) is 4.79 Å². The zero-order valence-electron chi connectivity index (χ0n) is 8.50. The van der Waals surface area contributed by atoms with Crippen molar-refractivity contribution in [2.24, 2.45) is 0 Å². The Morgan fingerprint density at radius 2 is 1.69 bits per heavy atom. The second kappa shape index (κ2) is 2.70. The van der Waals surface area contributed by atoms with E-state index in [0.29, 0.717) is 28.9 Å². The van der Waals surface area contributed by atoms with Crippen molar-refractivity contribution in [1.82, 2.24) is 0 Å². The first-order valence-electron chi connectivity index (χ1n) is 4.89. The Labute approximate surface area is 92.0 Å². The van der Waals surface area contributed by atoms with E-state index in [4.69, 9.17) is 4.74 Å². The number of Topliss-reactive ketones (excluding diaryl/α,β-unsaturated/α-hetero) is 1. The Balaban J connectivity index is 2.33. The Hall–Kier alpha value is -2.16. The minimum atomic E-state index is -0.437. The number of carbonyl (C=O) groups is 2. The fraction of sp³-hybridized carbons (Fsp3) is 0.0769. The number of ketones is 1. The van der Waals surface area contributed by atoms with Crippen molar-refractivity contribution in [3.8, 4) is 0 Å². The maximum atomic E-state index is 11.6. The van der Waals surface area contributed by atoms with Gasteiger partial charge in [-0.3, -0.25) is 4.79 Å². The van der Waals surface area contributed by atoms with Crippen LogP contribution >= 0.6 is 0 Å². The summed E-state index contributed by atoms with van der Waals surface area (Å²) in [6.45, 7) is 7.50. The Morgan fingerprint density at radius 3 is 2.44 bits per heavy atom. The van der Waals surface area contributed by atoms with Crippen LogP contribution < -0.4 is 0 Å². The van der Waals surface area contributed by atoms with E-state index in [1.54, 1.807) is 12.1 Å². The van der Waals surface area contributed by atoms with Gasteiger partial charge in [0.15, 0.2) is 5.78 Å². The topological polar surface area (TPSA) is 43.4 Å². The smallest absolute Gasteiger partial charge is 0.344 e. The van der Waals surface area contributed by atoms with Crippen LogP contribution in [-0.4, -0.2) is 11.8 Å². The lowest BCUT2D eigenvalue weighted by molar-refractivity contribution is 0.0716. The highest BCUT2D eigenvalue weighted by Crippen LogP contribution is 2.37. The van der Waals surface area contributed by atoms with Crippen LogP contribution in [0.1, 0.15) is 38.3 Å². The zero-order chi connectivity index (χ0) is 11.4. The van der Waals surface area contributed by atoms with Gasteiger partial charge in [-0.05, 0) is 23.3 Å². The van der Waals surface area contributed by atoms with E-state index >= 15 is 0 Å². The lowest BCUT2D eigenvalue weighted by Crippen LogP contribution is -1.98. The van der Waals surface area contributed by atoms with E-state index in [1.165, 1.54) is 0 Å². The number of ether oxygens (including phenoxy) is 1. The van der Waals surface area contributed by atoms with Crippen LogP contribution in [0.15, 0.2) is 25.3 Å². The Kier molecular flexibility index (Phi) is 1.53. The molecule has 0 N–H and O–H groups in total. The minimum Gasteiger partial charge on any atom is -0.423 e. The standard InChI is InChI=1S/C13H8O3/c1-6-3-12(14)10-5-11-9(4-8(6)10)7(2)16-13(11)15/h4-5H,1-3H2. The largest absolute Gasteiger partial charge is 0.423 e. The number of cyclic esters (lactones) is 1. The van der Waals surface area contributed by atoms with E-state index in [0.717, 1.165) is 11.1 Å². The average molecular weight is 212 g/mol. The predicted molar refractivity (Wildman–Crippen MR) is 58.9 cm³/mol. The number of fused-ring (bicyclic) bond motifs is 2. The molecule has 1 aliphatic carbocycles. The van der Waals surface area contributed by atoms with E-state index in [1.807, 2.05) is 0 Å². The molecule has 0 fully saturated rings. The lowest BCUT2D eigenvalue weighted by Gasteiger charge is -2.01. The third-order valence-corrected chi connectivity index (χ3v) is 2.95. The Morgan fingerprint density at radius 1 is 1.00 bits per heavy atom. The first-order valence-corrected chi connectivity index (χ1v) is 4.89. The molecular weight excluding hydrogens is 204 g/mol. The van der Waals surface area contributed by atoms with Crippen molar-refractivity contribution in [2.45, 2.75) is 6.42 Å². The molecule has 0 aromatic heterocycles. The van der Waals surface area contributed by atoms with Crippen molar-refractivity contribution in [1.29, 1.82) is 0 Å². The van der Waals surface area contributed by atoms with Gasteiger partial charge in [-0.2, -0.15) is 0 Å². The first-order chi connectivity index (χ1) is 7.58. The number of carbonyl (C=O) groups excluding carboxylic acids is 2. The number of allylic oxidation sites excluding steroid dienone is 1. The molecule has 1 aliphatic heterocycles. The molecule has 3 heteroatoms. The van der Waals surface area contributed by atoms with E-state index in [2.05, 4.69) is 13.2 Å². The Bertz CT molecular complexity index is 493. The molecule has 1 aromatic rings. The summed E-state index contributed by atoms with van der Waals surface area (Å²) in [5, 5.41) is 0. The van der Waals surface area contributed by atoms with Crippen LogP contribution in [0.2, 0.25) is 0 Å². The molecule has 0 bridgehead atoms. The number of rotatable bonds is 0. The van der Waals surface area contributed by atoms with E-state index < -0.39 is 5.97 Å². The summed E-state index contributed by atoms with van der Waals surface area (Å²) < 4.78 is 4.91.